The van der Waals surface area contributed by atoms with Crippen LogP contribution in [0.5, 0.6) is 0 Å². The maximum Gasteiger partial charge on any atom is 0.239 e. The van der Waals surface area contributed by atoms with Gasteiger partial charge in [-0.2, -0.15) is 9.61 Å². The number of nitrogens with zero attached hydrogens (tertiary/aromatic N) is 4. The van der Waals surface area contributed by atoms with Gasteiger partial charge in [-0.25, -0.2) is 0 Å². The SMILES string of the molecule is Cc1nnc2sc(CCC(=O)NCC(=O)NC3CCCCC3)nn12. The number of aromatic nitrogens is 4. The number of carbonyl (C=O) groups is 2. The molecule has 2 N–H and O–H groups in total. The standard InChI is InChI=1S/C15H22N6O2S/c1-10-18-19-15-21(10)20-14(24-15)8-7-12(22)16-9-13(23)17-11-5-3-2-4-6-11/h11H,2-9H2,1H3,(H,16,22)(H,17,23). The summed E-state index contributed by atoms with van der Waals surface area (Å²) in [5, 5.41) is 18.8. The van der Waals surface area contributed by atoms with E-state index in [0.29, 0.717) is 12.8 Å². The second kappa shape index (κ2) is 7.69. The molecule has 1 aliphatic carbocycles. The average molecular weight is 350 g/mol. The monoisotopic (exact) mass is 350 g/mol. The van der Waals surface area contributed by atoms with Crippen molar-refractivity contribution in [3.63, 3.8) is 0 Å². The fourth-order valence-electron chi connectivity index (χ4n) is 2.87. The average Bonchev–Trinajstić information content (AvgIpc) is 3.14. The first kappa shape index (κ1) is 16.8. The van der Waals surface area contributed by atoms with Crippen LogP contribution in [0.25, 0.3) is 4.96 Å². The Hall–Kier alpha value is -2.03. The van der Waals surface area contributed by atoms with E-state index in [1.807, 2.05) is 6.92 Å². The zero-order valence-corrected chi connectivity index (χ0v) is 14.6. The highest BCUT2D eigenvalue weighted by Gasteiger charge is 2.16. The van der Waals surface area contributed by atoms with Crippen LogP contribution in [0.2, 0.25) is 0 Å². The summed E-state index contributed by atoms with van der Waals surface area (Å²) in [5.74, 6) is 0.484. The molecule has 1 fully saturated rings. The first-order valence-corrected chi connectivity index (χ1v) is 9.17. The maximum atomic E-state index is 11.9. The molecule has 8 nitrogen and oxygen atoms in total. The molecule has 0 saturated heterocycles. The van der Waals surface area contributed by atoms with Crippen LogP contribution >= 0.6 is 11.3 Å². The highest BCUT2D eigenvalue weighted by atomic mass is 32.1. The molecule has 0 radical (unpaired) electrons. The van der Waals surface area contributed by atoms with E-state index in [1.165, 1.54) is 30.6 Å². The highest BCUT2D eigenvalue weighted by molar-refractivity contribution is 7.16. The summed E-state index contributed by atoms with van der Waals surface area (Å²) in [7, 11) is 0. The molecule has 0 spiro atoms. The molecule has 2 heterocycles. The fourth-order valence-corrected chi connectivity index (χ4v) is 3.75. The van der Waals surface area contributed by atoms with Crippen molar-refractivity contribution in [2.24, 2.45) is 0 Å². The predicted molar refractivity (Wildman–Crippen MR) is 89.7 cm³/mol. The van der Waals surface area contributed by atoms with Gasteiger partial charge in [0, 0.05) is 18.9 Å². The predicted octanol–water partition coefficient (Wildman–Crippen LogP) is 0.992. The summed E-state index contributed by atoms with van der Waals surface area (Å²) in [6.45, 7) is 1.88. The molecular formula is C15H22N6O2S. The van der Waals surface area contributed by atoms with Crippen molar-refractivity contribution >= 4 is 28.1 Å². The highest BCUT2D eigenvalue weighted by Crippen LogP contribution is 2.17. The van der Waals surface area contributed by atoms with Gasteiger partial charge in [-0.3, -0.25) is 9.59 Å². The molecule has 2 amide bonds. The van der Waals surface area contributed by atoms with Gasteiger partial charge in [0.05, 0.1) is 6.54 Å². The molecular weight excluding hydrogens is 328 g/mol. The topological polar surface area (TPSA) is 101 Å². The summed E-state index contributed by atoms with van der Waals surface area (Å²) in [6.07, 6.45) is 6.51. The lowest BCUT2D eigenvalue weighted by molar-refractivity contribution is -0.126. The van der Waals surface area contributed by atoms with Crippen LogP contribution in [0.1, 0.15) is 49.4 Å². The van der Waals surface area contributed by atoms with Crippen LogP contribution in [-0.4, -0.2) is 44.2 Å². The van der Waals surface area contributed by atoms with Crippen molar-refractivity contribution < 1.29 is 9.59 Å². The van der Waals surface area contributed by atoms with Crippen LogP contribution in [0.15, 0.2) is 0 Å². The van der Waals surface area contributed by atoms with Gasteiger partial charge in [0.15, 0.2) is 5.82 Å². The van der Waals surface area contributed by atoms with E-state index in [0.717, 1.165) is 28.6 Å². The molecule has 24 heavy (non-hydrogen) atoms. The molecule has 0 atom stereocenters. The van der Waals surface area contributed by atoms with E-state index >= 15 is 0 Å². The Kier molecular flexibility index (Phi) is 5.39. The second-order valence-corrected chi connectivity index (χ2v) is 7.16. The zero-order chi connectivity index (χ0) is 16.9. The number of nitrogens with one attached hydrogen (secondary N) is 2. The molecule has 1 saturated carbocycles. The Morgan fingerprint density at radius 2 is 2.00 bits per heavy atom. The minimum atomic E-state index is -0.142. The quantitative estimate of drug-likeness (QED) is 0.809. The van der Waals surface area contributed by atoms with E-state index in [2.05, 4.69) is 25.9 Å². The minimum Gasteiger partial charge on any atom is -0.352 e. The fraction of sp³-hybridized carbons (Fsp3) is 0.667. The van der Waals surface area contributed by atoms with Crippen LogP contribution in [-0.2, 0) is 16.0 Å². The first-order chi connectivity index (χ1) is 11.6. The lowest BCUT2D eigenvalue weighted by atomic mass is 9.95. The number of rotatable bonds is 6. The molecule has 2 aromatic rings. The third-order valence-corrected chi connectivity index (χ3v) is 5.13. The third-order valence-electron chi connectivity index (χ3n) is 4.17. The minimum absolute atomic E-state index is 0.0412. The van der Waals surface area contributed by atoms with Crippen molar-refractivity contribution in [2.75, 3.05) is 6.54 Å². The lowest BCUT2D eigenvalue weighted by Gasteiger charge is -2.22. The van der Waals surface area contributed by atoms with Gasteiger partial charge in [0.1, 0.15) is 5.01 Å². The summed E-state index contributed by atoms with van der Waals surface area (Å²) in [4.78, 5) is 24.5. The van der Waals surface area contributed by atoms with Crippen molar-refractivity contribution in [3.05, 3.63) is 10.8 Å². The van der Waals surface area contributed by atoms with E-state index in [1.54, 1.807) is 4.52 Å². The van der Waals surface area contributed by atoms with Gasteiger partial charge < -0.3 is 10.6 Å². The molecule has 2 aromatic heterocycles. The van der Waals surface area contributed by atoms with Gasteiger partial charge in [0.2, 0.25) is 16.8 Å². The molecule has 1 aliphatic rings. The number of hydrogen-bond donors (Lipinski definition) is 2. The number of fused-ring (bicyclic) bond motifs is 1. The Balaban J connectivity index is 1.38. The van der Waals surface area contributed by atoms with E-state index < -0.39 is 0 Å². The molecule has 130 valence electrons. The Bertz CT molecular complexity index is 719. The summed E-state index contributed by atoms with van der Waals surface area (Å²) in [5.41, 5.74) is 0. The smallest absolute Gasteiger partial charge is 0.239 e. The van der Waals surface area contributed by atoms with Crippen LogP contribution in [0.3, 0.4) is 0 Å². The van der Waals surface area contributed by atoms with E-state index in [4.69, 9.17) is 0 Å². The second-order valence-electron chi connectivity index (χ2n) is 6.12. The van der Waals surface area contributed by atoms with E-state index in [-0.39, 0.29) is 24.4 Å². The largest absolute Gasteiger partial charge is 0.352 e. The van der Waals surface area contributed by atoms with Gasteiger partial charge in [0.25, 0.3) is 0 Å². The maximum absolute atomic E-state index is 11.9. The van der Waals surface area contributed by atoms with Gasteiger partial charge in [-0.15, -0.1) is 10.2 Å². The van der Waals surface area contributed by atoms with Crippen LogP contribution < -0.4 is 10.6 Å². The molecule has 0 aliphatic heterocycles. The van der Waals surface area contributed by atoms with Crippen molar-refractivity contribution in [3.8, 4) is 0 Å². The summed E-state index contributed by atoms with van der Waals surface area (Å²) in [6, 6.07) is 0.270. The number of carbonyl (C=O) groups excluding carboxylic acids is 2. The lowest BCUT2D eigenvalue weighted by Crippen LogP contribution is -2.42. The summed E-state index contributed by atoms with van der Waals surface area (Å²) >= 11 is 1.43. The Morgan fingerprint density at radius 1 is 1.21 bits per heavy atom. The van der Waals surface area contributed by atoms with Crippen molar-refractivity contribution in [1.82, 2.24) is 30.4 Å². The molecule has 0 aromatic carbocycles. The Morgan fingerprint density at radius 3 is 2.75 bits per heavy atom. The van der Waals surface area contributed by atoms with Gasteiger partial charge in [-0.05, 0) is 19.8 Å². The normalized spacial score (nSPS) is 15.5. The van der Waals surface area contributed by atoms with Crippen LogP contribution in [0.4, 0.5) is 0 Å². The first-order valence-electron chi connectivity index (χ1n) is 8.35. The Labute approximate surface area is 144 Å². The molecule has 3 rings (SSSR count). The zero-order valence-electron chi connectivity index (χ0n) is 13.7. The van der Waals surface area contributed by atoms with Crippen LogP contribution in [0, 0.1) is 6.92 Å². The number of amides is 2. The van der Waals surface area contributed by atoms with Crippen molar-refractivity contribution in [1.29, 1.82) is 0 Å². The molecule has 9 heteroatoms. The van der Waals surface area contributed by atoms with Gasteiger partial charge >= 0.3 is 0 Å². The summed E-state index contributed by atoms with van der Waals surface area (Å²) < 4.78 is 1.68. The third kappa shape index (κ3) is 4.28. The molecule has 0 unspecified atom stereocenters. The number of aryl methyl sites for hydroxylation is 2. The van der Waals surface area contributed by atoms with Crippen molar-refractivity contribution in [2.45, 2.75) is 57.9 Å². The molecule has 0 bridgehead atoms. The number of hydrogen-bond acceptors (Lipinski definition) is 6. The van der Waals surface area contributed by atoms with E-state index in [9.17, 15) is 9.59 Å². The van der Waals surface area contributed by atoms with Gasteiger partial charge in [-0.1, -0.05) is 30.6 Å².